The number of fused-ring (bicyclic) bond motifs is 1. The van der Waals surface area contributed by atoms with Gasteiger partial charge in [0.2, 0.25) is 0 Å². The molecule has 1 aliphatic rings. The van der Waals surface area contributed by atoms with Crippen molar-refractivity contribution in [1.82, 2.24) is 9.97 Å². The zero-order valence-electron chi connectivity index (χ0n) is 14.6. The maximum Gasteiger partial charge on any atom is 0.348 e. The van der Waals surface area contributed by atoms with Crippen molar-refractivity contribution in [2.75, 3.05) is 31.2 Å². The van der Waals surface area contributed by atoms with Crippen LogP contribution in [-0.2, 0) is 9.47 Å². The molecule has 0 aliphatic carbocycles. The maximum atomic E-state index is 12.2. The van der Waals surface area contributed by atoms with Crippen molar-refractivity contribution in [3.8, 4) is 0 Å². The number of anilines is 1. The molecule has 0 N–H and O–H groups in total. The quantitative estimate of drug-likeness (QED) is 0.632. The van der Waals surface area contributed by atoms with Gasteiger partial charge in [0.25, 0.3) is 0 Å². The molecule has 1 unspecified atom stereocenters. The van der Waals surface area contributed by atoms with Gasteiger partial charge in [0, 0.05) is 11.4 Å². The van der Waals surface area contributed by atoms with Crippen LogP contribution in [0.4, 0.5) is 5.82 Å². The molecule has 0 amide bonds. The van der Waals surface area contributed by atoms with Gasteiger partial charge in [0.05, 0.1) is 25.1 Å². The van der Waals surface area contributed by atoms with Gasteiger partial charge in [0.1, 0.15) is 28.0 Å². The molecule has 4 heterocycles. The minimum Gasteiger partial charge on any atom is -0.462 e. The Bertz CT molecular complexity index is 923. The summed E-state index contributed by atoms with van der Waals surface area (Å²) < 4.78 is 11.1. The van der Waals surface area contributed by atoms with E-state index in [1.165, 1.54) is 16.2 Å². The fourth-order valence-electron chi connectivity index (χ4n) is 3.17. The third-order valence-corrected chi connectivity index (χ3v) is 6.54. The second-order valence-electron chi connectivity index (χ2n) is 5.97. The largest absolute Gasteiger partial charge is 0.462 e. The molecule has 1 fully saturated rings. The van der Waals surface area contributed by atoms with Gasteiger partial charge < -0.3 is 14.4 Å². The highest BCUT2D eigenvalue weighted by Crippen LogP contribution is 2.37. The number of rotatable bonds is 4. The predicted octanol–water partition coefficient (Wildman–Crippen LogP) is 3.82. The number of hydrogen-bond acceptors (Lipinski definition) is 8. The van der Waals surface area contributed by atoms with Crippen LogP contribution in [0.3, 0.4) is 0 Å². The lowest BCUT2D eigenvalue weighted by Crippen LogP contribution is -2.38. The molecule has 3 aromatic rings. The van der Waals surface area contributed by atoms with Gasteiger partial charge in [-0.3, -0.25) is 0 Å². The highest BCUT2D eigenvalue weighted by atomic mass is 32.1. The molecule has 0 saturated carbocycles. The van der Waals surface area contributed by atoms with E-state index in [2.05, 4.69) is 26.3 Å². The minimum absolute atomic E-state index is 0.0391. The van der Waals surface area contributed by atoms with Crippen molar-refractivity contribution in [3.05, 3.63) is 39.2 Å². The molecule has 136 valence electrons. The molecular formula is C18H19N3O3S2. The Morgan fingerprint density at radius 1 is 1.46 bits per heavy atom. The van der Waals surface area contributed by atoms with E-state index in [1.807, 2.05) is 19.9 Å². The number of aromatic nitrogens is 2. The zero-order valence-corrected chi connectivity index (χ0v) is 16.2. The van der Waals surface area contributed by atoms with Gasteiger partial charge in [-0.15, -0.1) is 22.7 Å². The average molecular weight is 390 g/mol. The molecule has 0 spiro atoms. The number of morpholine rings is 1. The molecule has 0 bridgehead atoms. The number of thiophene rings is 2. The van der Waals surface area contributed by atoms with Crippen LogP contribution >= 0.6 is 22.7 Å². The number of carbonyl (C=O) groups is 1. The van der Waals surface area contributed by atoms with Crippen LogP contribution in [-0.4, -0.2) is 42.2 Å². The first-order chi connectivity index (χ1) is 12.7. The van der Waals surface area contributed by atoms with Crippen LogP contribution in [0, 0.1) is 6.92 Å². The fraction of sp³-hybridized carbons (Fsp3) is 0.389. The molecule has 8 heteroatoms. The van der Waals surface area contributed by atoms with Gasteiger partial charge in [-0.25, -0.2) is 14.8 Å². The predicted molar refractivity (Wildman–Crippen MR) is 103 cm³/mol. The first kappa shape index (κ1) is 17.4. The van der Waals surface area contributed by atoms with E-state index < -0.39 is 0 Å². The first-order valence-electron chi connectivity index (χ1n) is 8.50. The monoisotopic (exact) mass is 389 g/mol. The van der Waals surface area contributed by atoms with Crippen molar-refractivity contribution in [2.45, 2.75) is 20.0 Å². The Kier molecular flexibility index (Phi) is 4.88. The molecule has 3 aromatic heterocycles. The van der Waals surface area contributed by atoms with Crippen LogP contribution in [0.15, 0.2) is 23.8 Å². The van der Waals surface area contributed by atoms with Crippen molar-refractivity contribution in [2.24, 2.45) is 0 Å². The van der Waals surface area contributed by atoms with Gasteiger partial charge in [-0.2, -0.15) is 0 Å². The number of ether oxygens (including phenoxy) is 2. The highest BCUT2D eigenvalue weighted by Gasteiger charge is 2.27. The van der Waals surface area contributed by atoms with E-state index in [0.29, 0.717) is 18.1 Å². The van der Waals surface area contributed by atoms with Gasteiger partial charge >= 0.3 is 5.97 Å². The van der Waals surface area contributed by atoms with Gasteiger partial charge in [0.15, 0.2) is 0 Å². The number of nitrogens with zero attached hydrogens (tertiary/aromatic N) is 3. The summed E-state index contributed by atoms with van der Waals surface area (Å²) in [6.45, 7) is 6.24. The summed E-state index contributed by atoms with van der Waals surface area (Å²) in [5.74, 6) is 0.571. The number of hydrogen-bond donors (Lipinski definition) is 0. The summed E-state index contributed by atoms with van der Waals surface area (Å²) in [6, 6.07) is 4.14. The summed E-state index contributed by atoms with van der Waals surface area (Å²) >= 11 is 3.07. The summed E-state index contributed by atoms with van der Waals surface area (Å²) in [5.41, 5.74) is 0.887. The summed E-state index contributed by atoms with van der Waals surface area (Å²) in [5, 5.41) is 3.00. The van der Waals surface area contributed by atoms with Gasteiger partial charge in [-0.05, 0) is 30.9 Å². The van der Waals surface area contributed by atoms with Crippen LogP contribution in [0.25, 0.3) is 10.2 Å². The summed E-state index contributed by atoms with van der Waals surface area (Å²) in [7, 11) is 0. The highest BCUT2D eigenvalue weighted by molar-refractivity contribution is 7.20. The van der Waals surface area contributed by atoms with Crippen LogP contribution < -0.4 is 4.90 Å². The van der Waals surface area contributed by atoms with Gasteiger partial charge in [-0.1, -0.05) is 6.07 Å². The second-order valence-corrected chi connectivity index (χ2v) is 7.95. The normalized spacial score (nSPS) is 17.6. The second kappa shape index (κ2) is 7.30. The van der Waals surface area contributed by atoms with Crippen molar-refractivity contribution in [3.63, 3.8) is 0 Å². The van der Waals surface area contributed by atoms with Crippen molar-refractivity contribution in [1.29, 1.82) is 0 Å². The van der Waals surface area contributed by atoms with E-state index in [9.17, 15) is 4.79 Å². The molecular weight excluding hydrogens is 370 g/mol. The number of esters is 1. The lowest BCUT2D eigenvalue weighted by atomic mass is 10.1. The van der Waals surface area contributed by atoms with E-state index >= 15 is 0 Å². The van der Waals surface area contributed by atoms with Crippen LogP contribution in [0.2, 0.25) is 0 Å². The molecule has 1 aliphatic heterocycles. The Hall–Kier alpha value is -2.03. The molecule has 26 heavy (non-hydrogen) atoms. The topological polar surface area (TPSA) is 64.5 Å². The number of carbonyl (C=O) groups excluding carboxylic acids is 1. The molecule has 6 nitrogen and oxygen atoms in total. The summed E-state index contributed by atoms with van der Waals surface area (Å²) in [4.78, 5) is 26.0. The third kappa shape index (κ3) is 3.08. The Morgan fingerprint density at radius 3 is 3.12 bits per heavy atom. The van der Waals surface area contributed by atoms with Crippen LogP contribution in [0.1, 0.15) is 33.1 Å². The first-order valence-corrected chi connectivity index (χ1v) is 10.2. The minimum atomic E-state index is -0.294. The number of aryl methyl sites for hydroxylation is 1. The molecule has 0 radical (unpaired) electrons. The smallest absolute Gasteiger partial charge is 0.348 e. The van der Waals surface area contributed by atoms with Crippen molar-refractivity contribution >= 4 is 44.7 Å². The molecule has 1 atom stereocenters. The van der Waals surface area contributed by atoms with E-state index in [4.69, 9.17) is 9.47 Å². The van der Waals surface area contributed by atoms with E-state index in [-0.39, 0.29) is 12.1 Å². The summed E-state index contributed by atoms with van der Waals surface area (Å²) in [6.07, 6.45) is 1.61. The lowest BCUT2D eigenvalue weighted by molar-refractivity contribution is 0.0419. The Morgan fingerprint density at radius 2 is 2.35 bits per heavy atom. The molecule has 4 rings (SSSR count). The zero-order chi connectivity index (χ0) is 18.1. The standard InChI is InChI=1S/C18H19N3O3S2/c1-3-23-18(22)15-11(2)14-16(19-10-20-17(14)26-15)21-6-7-24-12(9-21)13-5-4-8-25-13/h4-5,8,10,12H,3,6-7,9H2,1-2H3. The third-order valence-electron chi connectivity index (χ3n) is 4.39. The molecule has 1 saturated heterocycles. The molecule has 0 aromatic carbocycles. The average Bonchev–Trinajstić information content (AvgIpc) is 3.30. The maximum absolute atomic E-state index is 12.2. The Labute approximate surface area is 159 Å². The van der Waals surface area contributed by atoms with E-state index in [0.717, 1.165) is 34.7 Å². The fourth-order valence-corrected chi connectivity index (χ4v) is 4.98. The van der Waals surface area contributed by atoms with E-state index in [1.54, 1.807) is 17.7 Å². The SMILES string of the molecule is CCOC(=O)c1sc2ncnc(N3CCOC(c4cccs4)C3)c2c1C. The van der Waals surface area contributed by atoms with Crippen molar-refractivity contribution < 1.29 is 14.3 Å². The Balaban J connectivity index is 1.71. The lowest BCUT2D eigenvalue weighted by Gasteiger charge is -2.33. The van der Waals surface area contributed by atoms with Crippen LogP contribution in [0.5, 0.6) is 0 Å².